The lowest BCUT2D eigenvalue weighted by atomic mass is 9.82. The molecule has 1 aliphatic rings. The molecule has 2 nitrogen and oxygen atoms in total. The monoisotopic (exact) mass is 347 g/mol. The Balaban J connectivity index is 1.96. The van der Waals surface area contributed by atoms with Crippen LogP contribution in [0.3, 0.4) is 0 Å². The van der Waals surface area contributed by atoms with Gasteiger partial charge < -0.3 is 4.57 Å². The van der Waals surface area contributed by atoms with Crippen molar-refractivity contribution in [3.05, 3.63) is 46.9 Å². The SMILES string of the molecule is O=c1c2ccccc2ccn1CC1(CBr)CCCCCC1. The Labute approximate surface area is 134 Å². The molecular formula is C18H22BrNO. The Morgan fingerprint density at radius 1 is 1.05 bits per heavy atom. The second-order valence-electron chi connectivity index (χ2n) is 6.38. The lowest BCUT2D eigenvalue weighted by molar-refractivity contribution is 0.240. The minimum absolute atomic E-state index is 0.151. The van der Waals surface area contributed by atoms with Crippen molar-refractivity contribution < 1.29 is 0 Å². The van der Waals surface area contributed by atoms with E-state index in [-0.39, 0.29) is 11.0 Å². The molecule has 1 fully saturated rings. The molecular weight excluding hydrogens is 326 g/mol. The highest BCUT2D eigenvalue weighted by molar-refractivity contribution is 9.09. The summed E-state index contributed by atoms with van der Waals surface area (Å²) in [5, 5.41) is 2.85. The van der Waals surface area contributed by atoms with Crippen molar-refractivity contribution in [1.29, 1.82) is 0 Å². The van der Waals surface area contributed by atoms with Gasteiger partial charge in [0.1, 0.15) is 0 Å². The van der Waals surface area contributed by atoms with Gasteiger partial charge in [0.25, 0.3) is 5.56 Å². The summed E-state index contributed by atoms with van der Waals surface area (Å²) in [6, 6.07) is 9.93. The number of alkyl halides is 1. The fourth-order valence-electron chi connectivity index (χ4n) is 3.53. The summed E-state index contributed by atoms with van der Waals surface area (Å²) >= 11 is 3.72. The van der Waals surface area contributed by atoms with Crippen LogP contribution in [0, 0.1) is 5.41 Å². The van der Waals surface area contributed by atoms with Crippen LogP contribution in [-0.4, -0.2) is 9.90 Å². The molecule has 2 aromatic rings. The Hall–Kier alpha value is -1.09. The van der Waals surface area contributed by atoms with E-state index in [1.807, 2.05) is 35.0 Å². The third-order valence-electron chi connectivity index (χ3n) is 4.84. The molecule has 0 aliphatic heterocycles. The van der Waals surface area contributed by atoms with Crippen LogP contribution in [0.2, 0.25) is 0 Å². The minimum Gasteiger partial charge on any atom is -0.314 e. The van der Waals surface area contributed by atoms with Crippen molar-refractivity contribution in [2.45, 2.75) is 45.1 Å². The first kappa shape index (κ1) is 14.8. The molecule has 21 heavy (non-hydrogen) atoms. The van der Waals surface area contributed by atoms with Crippen molar-refractivity contribution in [3.63, 3.8) is 0 Å². The lowest BCUT2D eigenvalue weighted by Gasteiger charge is -2.31. The third kappa shape index (κ3) is 3.08. The molecule has 3 rings (SSSR count). The topological polar surface area (TPSA) is 22.0 Å². The molecule has 0 amide bonds. The normalized spacial score (nSPS) is 18.5. The van der Waals surface area contributed by atoms with Crippen molar-refractivity contribution in [1.82, 2.24) is 4.57 Å². The zero-order chi connectivity index (χ0) is 14.7. The van der Waals surface area contributed by atoms with Crippen LogP contribution in [0.5, 0.6) is 0 Å². The third-order valence-corrected chi connectivity index (χ3v) is 6.03. The quantitative estimate of drug-likeness (QED) is 0.580. The first-order chi connectivity index (χ1) is 10.2. The molecule has 0 atom stereocenters. The van der Waals surface area contributed by atoms with Crippen molar-refractivity contribution in [2.24, 2.45) is 5.41 Å². The van der Waals surface area contributed by atoms with Crippen LogP contribution in [0.4, 0.5) is 0 Å². The highest BCUT2D eigenvalue weighted by Gasteiger charge is 2.30. The maximum atomic E-state index is 12.7. The van der Waals surface area contributed by atoms with E-state index in [0.29, 0.717) is 0 Å². The predicted molar refractivity (Wildman–Crippen MR) is 92.1 cm³/mol. The number of pyridine rings is 1. The molecule has 1 aromatic carbocycles. The van der Waals surface area contributed by atoms with E-state index in [1.165, 1.54) is 38.5 Å². The van der Waals surface area contributed by atoms with E-state index >= 15 is 0 Å². The Bertz CT molecular complexity index is 668. The molecule has 112 valence electrons. The van der Waals surface area contributed by atoms with Crippen molar-refractivity contribution in [3.8, 4) is 0 Å². The number of nitrogens with zero attached hydrogens (tertiary/aromatic N) is 1. The van der Waals surface area contributed by atoms with Gasteiger partial charge in [-0.3, -0.25) is 4.79 Å². The number of hydrogen-bond donors (Lipinski definition) is 0. The summed E-state index contributed by atoms with van der Waals surface area (Å²) in [5.74, 6) is 0. The van der Waals surface area contributed by atoms with Gasteiger partial charge in [-0.1, -0.05) is 59.8 Å². The number of benzene rings is 1. The van der Waals surface area contributed by atoms with E-state index in [4.69, 9.17) is 0 Å². The molecule has 3 heteroatoms. The summed E-state index contributed by atoms with van der Waals surface area (Å²) in [6.07, 6.45) is 9.65. The molecule has 1 saturated carbocycles. The molecule has 1 aromatic heterocycles. The van der Waals surface area contributed by atoms with Crippen LogP contribution in [0.25, 0.3) is 10.8 Å². The number of fused-ring (bicyclic) bond motifs is 1. The first-order valence-corrected chi connectivity index (χ1v) is 9.00. The summed E-state index contributed by atoms with van der Waals surface area (Å²) in [5.41, 5.74) is 0.389. The van der Waals surface area contributed by atoms with Gasteiger partial charge in [0.05, 0.1) is 0 Å². The summed E-state index contributed by atoms with van der Waals surface area (Å²) in [6.45, 7) is 0.835. The second kappa shape index (κ2) is 6.35. The number of halogens is 1. The van der Waals surface area contributed by atoms with Crippen LogP contribution < -0.4 is 5.56 Å². The van der Waals surface area contributed by atoms with Gasteiger partial charge in [0, 0.05) is 23.5 Å². The average molecular weight is 348 g/mol. The van der Waals surface area contributed by atoms with Gasteiger partial charge in [-0.15, -0.1) is 0 Å². The Morgan fingerprint density at radius 3 is 2.48 bits per heavy atom. The van der Waals surface area contributed by atoms with Gasteiger partial charge in [-0.25, -0.2) is 0 Å². The van der Waals surface area contributed by atoms with Crippen molar-refractivity contribution >= 4 is 26.7 Å². The van der Waals surface area contributed by atoms with Gasteiger partial charge in [-0.2, -0.15) is 0 Å². The minimum atomic E-state index is 0.151. The fourth-order valence-corrected chi connectivity index (χ4v) is 4.27. The molecule has 1 aliphatic carbocycles. The summed E-state index contributed by atoms with van der Waals surface area (Å²) in [4.78, 5) is 12.7. The molecule has 0 bridgehead atoms. The van der Waals surface area contributed by atoms with Gasteiger partial charge in [0.2, 0.25) is 0 Å². The van der Waals surface area contributed by atoms with Crippen LogP contribution >= 0.6 is 15.9 Å². The number of rotatable bonds is 3. The highest BCUT2D eigenvalue weighted by atomic mass is 79.9. The van der Waals surface area contributed by atoms with Gasteiger partial charge in [-0.05, 0) is 35.8 Å². The molecule has 1 heterocycles. The molecule has 0 N–H and O–H groups in total. The van der Waals surface area contributed by atoms with E-state index in [1.54, 1.807) is 0 Å². The van der Waals surface area contributed by atoms with Gasteiger partial charge >= 0.3 is 0 Å². The molecule has 0 radical (unpaired) electrons. The zero-order valence-corrected chi connectivity index (χ0v) is 13.9. The van der Waals surface area contributed by atoms with E-state index in [2.05, 4.69) is 22.0 Å². The van der Waals surface area contributed by atoms with Crippen molar-refractivity contribution in [2.75, 3.05) is 5.33 Å². The molecule has 0 saturated heterocycles. The largest absolute Gasteiger partial charge is 0.314 e. The smallest absolute Gasteiger partial charge is 0.258 e. The molecule has 0 unspecified atom stereocenters. The zero-order valence-electron chi connectivity index (χ0n) is 12.4. The Kier molecular flexibility index (Phi) is 4.48. The van der Waals surface area contributed by atoms with Gasteiger partial charge in [0.15, 0.2) is 0 Å². The van der Waals surface area contributed by atoms with E-state index in [0.717, 1.165) is 22.6 Å². The fraction of sp³-hybridized carbons (Fsp3) is 0.500. The number of hydrogen-bond acceptors (Lipinski definition) is 1. The second-order valence-corrected chi connectivity index (χ2v) is 6.94. The lowest BCUT2D eigenvalue weighted by Crippen LogP contribution is -2.33. The standard InChI is InChI=1S/C18H22BrNO/c19-13-18(10-5-1-2-6-11-18)14-20-12-9-15-7-3-4-8-16(15)17(20)21/h3-4,7-9,12H,1-2,5-6,10-11,13-14H2. The molecule has 0 spiro atoms. The van der Waals surface area contributed by atoms with Crippen LogP contribution in [-0.2, 0) is 6.54 Å². The maximum Gasteiger partial charge on any atom is 0.258 e. The maximum absolute atomic E-state index is 12.7. The number of aromatic nitrogens is 1. The van der Waals surface area contributed by atoms with Crippen LogP contribution in [0.15, 0.2) is 41.3 Å². The highest BCUT2D eigenvalue weighted by Crippen LogP contribution is 2.38. The average Bonchev–Trinajstić information content (AvgIpc) is 2.77. The van der Waals surface area contributed by atoms with E-state index < -0.39 is 0 Å². The predicted octanol–water partition coefficient (Wildman–Crippen LogP) is 4.74. The Morgan fingerprint density at radius 2 is 1.76 bits per heavy atom. The van der Waals surface area contributed by atoms with E-state index in [9.17, 15) is 4.79 Å². The summed E-state index contributed by atoms with van der Waals surface area (Å²) in [7, 11) is 0. The van der Waals surface area contributed by atoms with Crippen LogP contribution in [0.1, 0.15) is 38.5 Å². The summed E-state index contributed by atoms with van der Waals surface area (Å²) < 4.78 is 1.93. The first-order valence-electron chi connectivity index (χ1n) is 7.88.